The molecule has 0 aromatic heterocycles. The Hall–Kier alpha value is -2.05. The summed E-state index contributed by atoms with van der Waals surface area (Å²) in [5.41, 5.74) is 6.78. The van der Waals surface area contributed by atoms with Crippen molar-refractivity contribution in [3.8, 4) is 0 Å². The zero-order chi connectivity index (χ0) is 18.4. The Balaban J connectivity index is 0.000000620. The van der Waals surface area contributed by atoms with E-state index in [-0.39, 0.29) is 31.3 Å². The topological polar surface area (TPSA) is 63.4 Å². The van der Waals surface area contributed by atoms with Crippen molar-refractivity contribution in [2.75, 3.05) is 13.1 Å². The number of hydrogen-bond acceptors (Lipinski definition) is 3. The highest BCUT2D eigenvalue weighted by Gasteiger charge is 2.35. The Labute approximate surface area is 152 Å². The summed E-state index contributed by atoms with van der Waals surface area (Å²) in [6.07, 6.45) is 0. The van der Waals surface area contributed by atoms with Crippen LogP contribution in [-0.2, 0) is 0 Å². The van der Waals surface area contributed by atoms with Gasteiger partial charge in [0, 0.05) is 6.54 Å². The minimum atomic E-state index is -0.445. The van der Waals surface area contributed by atoms with E-state index in [4.69, 9.17) is 5.73 Å². The number of benzene rings is 1. The van der Waals surface area contributed by atoms with E-state index < -0.39 is 17.6 Å². The summed E-state index contributed by atoms with van der Waals surface area (Å²) in [6.45, 7) is 6.35. The molecule has 0 saturated carbocycles. The molecule has 1 aliphatic rings. The molecule has 138 valence electrons. The maximum absolute atomic E-state index is 13.5. The number of rotatable bonds is 3. The number of carbonyl (C=O) groups is 2. The van der Waals surface area contributed by atoms with Crippen LogP contribution in [0.25, 0.3) is 0 Å². The van der Waals surface area contributed by atoms with Crippen molar-refractivity contribution in [1.29, 1.82) is 0 Å². The molecule has 0 spiro atoms. The smallest absolute Gasteiger partial charge is 0.261 e. The first-order valence-electron chi connectivity index (χ1n) is 7.49. The second-order valence-corrected chi connectivity index (χ2v) is 5.76. The number of imide groups is 1. The number of fused-ring (bicyclic) bond motifs is 1. The van der Waals surface area contributed by atoms with Crippen LogP contribution in [0.1, 0.15) is 48.4 Å². The lowest BCUT2D eigenvalue weighted by Crippen LogP contribution is -2.31. The zero-order valence-electron chi connectivity index (χ0n) is 14.7. The molecular weight excluding hydrogens is 350 g/mol. The van der Waals surface area contributed by atoms with E-state index in [1.54, 1.807) is 52.0 Å². The SMILES string of the molecule is CC(C)=C(F)CN.CC(C)=C(F)CN1C(=O)c2ccccc2C1=O.Cl. The first kappa shape index (κ1) is 22.9. The number of hydrogen-bond donors (Lipinski definition) is 1. The van der Waals surface area contributed by atoms with Gasteiger partial charge in [0.15, 0.2) is 0 Å². The Morgan fingerprint density at radius 1 is 0.920 bits per heavy atom. The zero-order valence-corrected chi connectivity index (χ0v) is 15.5. The molecule has 0 atom stereocenters. The van der Waals surface area contributed by atoms with Crippen molar-refractivity contribution in [1.82, 2.24) is 4.90 Å². The van der Waals surface area contributed by atoms with Crippen LogP contribution < -0.4 is 5.73 Å². The van der Waals surface area contributed by atoms with Crippen molar-refractivity contribution in [2.24, 2.45) is 5.73 Å². The molecule has 0 radical (unpaired) electrons. The molecule has 0 aliphatic carbocycles. The molecule has 2 N–H and O–H groups in total. The summed E-state index contributed by atoms with van der Waals surface area (Å²) in [4.78, 5) is 24.7. The van der Waals surface area contributed by atoms with E-state index >= 15 is 0 Å². The molecule has 2 rings (SSSR count). The maximum Gasteiger partial charge on any atom is 0.261 e. The number of nitrogens with two attached hydrogens (primary N) is 1. The number of nitrogens with zero attached hydrogens (tertiary/aromatic N) is 1. The Bertz CT molecular complexity index is 672. The fraction of sp³-hybridized carbons (Fsp3) is 0.333. The van der Waals surface area contributed by atoms with Crippen LogP contribution in [0.5, 0.6) is 0 Å². The average Bonchev–Trinajstić information content (AvgIpc) is 2.79. The molecule has 0 unspecified atom stereocenters. The highest BCUT2D eigenvalue weighted by atomic mass is 35.5. The van der Waals surface area contributed by atoms with Gasteiger partial charge in [0.1, 0.15) is 11.7 Å². The summed E-state index contributed by atoms with van der Waals surface area (Å²) in [7, 11) is 0. The van der Waals surface area contributed by atoms with Crippen molar-refractivity contribution >= 4 is 24.2 Å². The van der Waals surface area contributed by atoms with Gasteiger partial charge in [-0.15, -0.1) is 12.4 Å². The summed E-state index contributed by atoms with van der Waals surface area (Å²) >= 11 is 0. The van der Waals surface area contributed by atoms with Gasteiger partial charge in [0.05, 0.1) is 17.7 Å². The molecule has 2 amide bonds. The Morgan fingerprint density at radius 2 is 1.32 bits per heavy atom. The first-order valence-corrected chi connectivity index (χ1v) is 7.49. The van der Waals surface area contributed by atoms with Gasteiger partial charge in [-0.05, 0) is 51.0 Å². The highest BCUT2D eigenvalue weighted by molar-refractivity contribution is 6.21. The molecule has 4 nitrogen and oxygen atoms in total. The summed E-state index contributed by atoms with van der Waals surface area (Å²) < 4.78 is 25.5. The Morgan fingerprint density at radius 3 is 1.60 bits per heavy atom. The van der Waals surface area contributed by atoms with E-state index in [0.717, 1.165) is 4.90 Å². The molecule has 1 heterocycles. The van der Waals surface area contributed by atoms with Gasteiger partial charge in [0.2, 0.25) is 0 Å². The maximum atomic E-state index is 13.5. The lowest BCUT2D eigenvalue weighted by Gasteiger charge is -2.12. The predicted molar refractivity (Wildman–Crippen MR) is 97.1 cm³/mol. The van der Waals surface area contributed by atoms with Crippen LogP contribution in [0.2, 0.25) is 0 Å². The minimum absolute atomic E-state index is 0. The van der Waals surface area contributed by atoms with Crippen molar-refractivity contribution < 1.29 is 18.4 Å². The highest BCUT2D eigenvalue weighted by Crippen LogP contribution is 2.23. The molecule has 25 heavy (non-hydrogen) atoms. The lowest BCUT2D eigenvalue weighted by atomic mass is 10.1. The lowest BCUT2D eigenvalue weighted by molar-refractivity contribution is 0.0659. The largest absolute Gasteiger partial charge is 0.325 e. The molecule has 1 aromatic rings. The quantitative estimate of drug-likeness (QED) is 0.809. The standard InChI is InChI=1S/C13H12FNO2.C5H10FN.ClH/c1-8(2)11(14)7-15-12(16)9-5-3-4-6-10(9)13(15)17;1-4(2)5(6)3-7;/h3-6H,7H2,1-2H3;3,7H2,1-2H3;1H. The summed E-state index contributed by atoms with van der Waals surface area (Å²) in [5, 5.41) is 0. The number of halogens is 3. The monoisotopic (exact) mass is 372 g/mol. The van der Waals surface area contributed by atoms with Gasteiger partial charge < -0.3 is 5.73 Å². The molecule has 1 aliphatic heterocycles. The fourth-order valence-electron chi connectivity index (χ4n) is 1.88. The number of allylic oxidation sites excluding steroid dienone is 2. The van der Waals surface area contributed by atoms with Crippen LogP contribution in [0.15, 0.2) is 47.1 Å². The van der Waals surface area contributed by atoms with E-state index in [1.807, 2.05) is 0 Å². The normalized spacial score (nSPS) is 11.9. The van der Waals surface area contributed by atoms with Gasteiger partial charge in [-0.2, -0.15) is 0 Å². The van der Waals surface area contributed by atoms with Gasteiger partial charge in [-0.25, -0.2) is 8.78 Å². The number of amides is 2. The van der Waals surface area contributed by atoms with Gasteiger partial charge in [-0.3, -0.25) is 14.5 Å². The number of carbonyl (C=O) groups excluding carboxylic acids is 2. The van der Waals surface area contributed by atoms with E-state index in [0.29, 0.717) is 22.3 Å². The first-order chi connectivity index (χ1) is 11.2. The van der Waals surface area contributed by atoms with Crippen LogP contribution in [0.3, 0.4) is 0 Å². The molecule has 0 bridgehead atoms. The molecular formula is C18H23ClF2N2O2. The van der Waals surface area contributed by atoms with E-state index in [9.17, 15) is 18.4 Å². The van der Waals surface area contributed by atoms with Crippen molar-refractivity contribution in [2.45, 2.75) is 27.7 Å². The average molecular weight is 373 g/mol. The van der Waals surface area contributed by atoms with Crippen LogP contribution >= 0.6 is 12.4 Å². The van der Waals surface area contributed by atoms with E-state index in [1.165, 1.54) is 0 Å². The fourth-order valence-corrected chi connectivity index (χ4v) is 1.88. The third-order valence-corrected chi connectivity index (χ3v) is 3.44. The molecule has 1 aromatic carbocycles. The summed E-state index contributed by atoms with van der Waals surface area (Å²) in [6, 6.07) is 6.53. The van der Waals surface area contributed by atoms with Crippen LogP contribution in [-0.4, -0.2) is 29.8 Å². The van der Waals surface area contributed by atoms with Gasteiger partial charge in [-0.1, -0.05) is 12.1 Å². The molecule has 0 saturated heterocycles. The van der Waals surface area contributed by atoms with Gasteiger partial charge in [0.25, 0.3) is 11.8 Å². The van der Waals surface area contributed by atoms with E-state index in [2.05, 4.69) is 0 Å². The van der Waals surface area contributed by atoms with Crippen molar-refractivity contribution in [3.63, 3.8) is 0 Å². The Kier molecular flexibility index (Phi) is 9.23. The predicted octanol–water partition coefficient (Wildman–Crippen LogP) is 4.18. The second kappa shape index (κ2) is 10.1. The summed E-state index contributed by atoms with van der Waals surface area (Å²) in [5.74, 6) is -1.51. The van der Waals surface area contributed by atoms with Gasteiger partial charge >= 0.3 is 0 Å². The second-order valence-electron chi connectivity index (χ2n) is 5.76. The molecule has 7 heteroatoms. The third kappa shape index (κ3) is 5.76. The third-order valence-electron chi connectivity index (χ3n) is 3.44. The van der Waals surface area contributed by atoms with Crippen LogP contribution in [0.4, 0.5) is 8.78 Å². The molecule has 0 fully saturated rings. The van der Waals surface area contributed by atoms with Crippen molar-refractivity contribution in [3.05, 3.63) is 58.2 Å². The van der Waals surface area contributed by atoms with Crippen LogP contribution in [0, 0.1) is 0 Å². The minimum Gasteiger partial charge on any atom is -0.325 e.